The minimum Gasteiger partial charge on any atom is -0.498 e. The number of methoxy groups -OCH3 is 1. The molecule has 0 aliphatic carbocycles. The van der Waals surface area contributed by atoms with Crippen LogP contribution in [0.3, 0.4) is 0 Å². The molecule has 3 heteroatoms. The standard InChI is InChI=1S/C21H17NO2/c1-24-20-14-12-19(13-15-20)21(16-22-23,17-8-4-2-5-9-17)18-10-6-3-7-11-18/h2-15H,1H3. The van der Waals surface area contributed by atoms with Gasteiger partial charge < -0.3 is 9.94 Å². The quantitative estimate of drug-likeness (QED) is 0.509. The fourth-order valence-corrected chi connectivity index (χ4v) is 2.98. The topological polar surface area (TPSA) is 36.6 Å². The molecule has 0 spiro atoms. The molecule has 0 aromatic heterocycles. The van der Waals surface area contributed by atoms with E-state index in [9.17, 15) is 5.21 Å². The third kappa shape index (κ3) is 2.70. The summed E-state index contributed by atoms with van der Waals surface area (Å²) in [5.74, 6) is 0.757. The Labute approximate surface area is 141 Å². The average molecular weight is 315 g/mol. The number of hydrogen-bond donors (Lipinski definition) is 0. The Morgan fingerprint density at radius 2 is 1.21 bits per heavy atom. The van der Waals surface area contributed by atoms with Crippen LogP contribution in [0.2, 0.25) is 0 Å². The van der Waals surface area contributed by atoms with Crippen molar-refractivity contribution >= 4 is 0 Å². The van der Waals surface area contributed by atoms with Gasteiger partial charge in [0.25, 0.3) is 0 Å². The molecule has 0 atom stereocenters. The van der Waals surface area contributed by atoms with Crippen LogP contribution in [0.25, 0.3) is 5.01 Å². The van der Waals surface area contributed by atoms with E-state index in [4.69, 9.17) is 4.74 Å². The van der Waals surface area contributed by atoms with Crippen LogP contribution in [-0.2, 0) is 5.41 Å². The molecule has 24 heavy (non-hydrogen) atoms. The third-order valence-corrected chi connectivity index (χ3v) is 4.15. The first-order valence-electron chi connectivity index (χ1n) is 7.66. The molecule has 0 heterocycles. The highest BCUT2D eigenvalue weighted by molar-refractivity contribution is 5.57. The molecule has 3 rings (SSSR count). The average Bonchev–Trinajstić information content (AvgIpc) is 2.68. The van der Waals surface area contributed by atoms with Crippen LogP contribution < -0.4 is 4.74 Å². The second-order valence-electron chi connectivity index (χ2n) is 5.41. The lowest BCUT2D eigenvalue weighted by Gasteiger charge is -2.26. The van der Waals surface area contributed by atoms with Crippen molar-refractivity contribution in [1.29, 1.82) is 0 Å². The van der Waals surface area contributed by atoms with Crippen molar-refractivity contribution in [1.82, 2.24) is 0 Å². The molecule has 3 aromatic rings. The molecule has 0 saturated heterocycles. The Morgan fingerprint density at radius 3 is 1.62 bits per heavy atom. The second kappa shape index (κ2) is 6.89. The highest BCUT2D eigenvalue weighted by Gasteiger charge is 2.40. The van der Waals surface area contributed by atoms with Crippen LogP contribution in [0.5, 0.6) is 5.75 Å². The van der Waals surface area contributed by atoms with Gasteiger partial charge in [0.2, 0.25) is 0 Å². The number of rotatable bonds is 4. The fourth-order valence-electron chi connectivity index (χ4n) is 2.98. The highest BCUT2D eigenvalue weighted by atomic mass is 16.5. The summed E-state index contributed by atoms with van der Waals surface area (Å²) in [5.41, 5.74) is 1.90. The Kier molecular flexibility index (Phi) is 4.49. The van der Waals surface area contributed by atoms with E-state index in [1.165, 1.54) is 0 Å². The molecule has 118 valence electrons. The van der Waals surface area contributed by atoms with Crippen molar-refractivity contribution in [2.75, 3.05) is 7.11 Å². The van der Waals surface area contributed by atoms with Crippen molar-refractivity contribution in [3.63, 3.8) is 0 Å². The zero-order valence-electron chi connectivity index (χ0n) is 13.3. The third-order valence-electron chi connectivity index (χ3n) is 4.15. The second-order valence-corrected chi connectivity index (χ2v) is 5.41. The molecule has 0 unspecified atom stereocenters. The minimum absolute atomic E-state index is 0.757. The van der Waals surface area contributed by atoms with Crippen LogP contribution in [0.1, 0.15) is 16.7 Å². The first kappa shape index (κ1) is 15.6. The Hall–Kier alpha value is -3.25. The van der Waals surface area contributed by atoms with Crippen molar-refractivity contribution in [3.8, 4) is 11.8 Å². The summed E-state index contributed by atoms with van der Waals surface area (Å²) < 4.78 is 5.25. The maximum absolute atomic E-state index is 11.3. The van der Waals surface area contributed by atoms with Crippen molar-refractivity contribution in [3.05, 3.63) is 112 Å². The summed E-state index contributed by atoms with van der Waals surface area (Å²) in [6.07, 6.45) is 0. The van der Waals surface area contributed by atoms with Gasteiger partial charge in [0.15, 0.2) is 5.41 Å². The van der Waals surface area contributed by atoms with E-state index < -0.39 is 5.41 Å². The van der Waals surface area contributed by atoms with Crippen molar-refractivity contribution in [2.24, 2.45) is 0 Å². The van der Waals surface area contributed by atoms with E-state index in [1.54, 1.807) is 7.11 Å². The van der Waals surface area contributed by atoms with Gasteiger partial charge in [0.1, 0.15) is 5.75 Å². The molecule has 0 aliphatic heterocycles. The van der Waals surface area contributed by atoms with E-state index >= 15 is 0 Å². The van der Waals surface area contributed by atoms with Gasteiger partial charge in [0, 0.05) is 5.01 Å². The predicted molar refractivity (Wildman–Crippen MR) is 96.4 cm³/mol. The molecular formula is C21H17NO2. The Balaban J connectivity index is 2.31. The number of nitrogens with zero attached hydrogens (tertiary/aromatic N) is 1. The fraction of sp³-hybridized carbons (Fsp3) is 0.0952. The summed E-state index contributed by atoms with van der Waals surface area (Å²) in [5, 5.41) is 14.3. The summed E-state index contributed by atoms with van der Waals surface area (Å²) >= 11 is 0. The maximum atomic E-state index is 11.3. The van der Waals surface area contributed by atoms with Crippen LogP contribution in [-0.4, -0.2) is 7.11 Å². The van der Waals surface area contributed by atoms with Gasteiger partial charge in [-0.25, -0.2) is 0 Å². The summed E-state index contributed by atoms with van der Waals surface area (Å²) in [6, 6.07) is 30.1. The zero-order valence-corrected chi connectivity index (χ0v) is 13.3. The van der Waals surface area contributed by atoms with Crippen LogP contribution in [0.4, 0.5) is 0 Å². The first-order valence-corrected chi connectivity index (χ1v) is 7.66. The number of hydrogen-bond acceptors (Lipinski definition) is 2. The van der Waals surface area contributed by atoms with Crippen molar-refractivity contribution < 1.29 is 4.74 Å². The summed E-state index contributed by atoms with van der Waals surface area (Å²) in [6.45, 7) is 0. The highest BCUT2D eigenvalue weighted by Crippen LogP contribution is 2.39. The lowest BCUT2D eigenvalue weighted by molar-refractivity contribution is 0.414. The number of ether oxygens (including phenoxy) is 1. The molecular weight excluding hydrogens is 298 g/mol. The number of benzene rings is 3. The normalized spacial score (nSPS) is 10.5. The summed E-state index contributed by atoms with van der Waals surface area (Å²) in [7, 11) is 1.63. The molecule has 3 aromatic carbocycles. The molecule has 3 nitrogen and oxygen atoms in total. The molecule has 0 radical (unpaired) electrons. The van der Waals surface area contributed by atoms with E-state index in [0.29, 0.717) is 0 Å². The lowest BCUT2D eigenvalue weighted by Crippen LogP contribution is -2.27. The zero-order chi connectivity index (χ0) is 16.8. The molecule has 0 N–H and O–H groups in total. The predicted octanol–water partition coefficient (Wildman–Crippen LogP) is 4.86. The molecule has 0 amide bonds. The van der Waals surface area contributed by atoms with E-state index in [2.05, 4.69) is 11.1 Å². The minimum atomic E-state index is -0.865. The van der Waals surface area contributed by atoms with Crippen LogP contribution in [0, 0.1) is 11.3 Å². The van der Waals surface area contributed by atoms with Crippen LogP contribution in [0.15, 0.2) is 84.9 Å². The molecule has 0 bridgehead atoms. The Bertz CT molecular complexity index is 808. The maximum Gasteiger partial charge on any atom is 0.319 e. The van der Waals surface area contributed by atoms with Gasteiger partial charge >= 0.3 is 6.07 Å². The van der Waals surface area contributed by atoms with Gasteiger partial charge in [-0.05, 0) is 28.8 Å². The first-order chi connectivity index (χ1) is 11.8. The van der Waals surface area contributed by atoms with Gasteiger partial charge in [-0.15, -0.1) is 0 Å². The van der Waals surface area contributed by atoms with E-state index in [1.807, 2.05) is 84.9 Å². The van der Waals surface area contributed by atoms with Gasteiger partial charge in [0.05, 0.1) is 7.11 Å². The Morgan fingerprint density at radius 1 is 0.750 bits per heavy atom. The molecule has 0 fully saturated rings. The SMILES string of the molecule is COc1ccc(C(C#[N+][O-])(c2ccccc2)c2ccccc2)cc1. The lowest BCUT2D eigenvalue weighted by atomic mass is 9.70. The molecule has 0 saturated carbocycles. The summed E-state index contributed by atoms with van der Waals surface area (Å²) in [4.78, 5) is 0. The van der Waals surface area contributed by atoms with Gasteiger partial charge in [-0.2, -0.15) is 0 Å². The van der Waals surface area contributed by atoms with Gasteiger partial charge in [-0.3, -0.25) is 0 Å². The van der Waals surface area contributed by atoms with E-state index in [-0.39, 0.29) is 0 Å². The van der Waals surface area contributed by atoms with Gasteiger partial charge in [-0.1, -0.05) is 72.8 Å². The largest absolute Gasteiger partial charge is 0.498 e. The molecule has 0 aliphatic rings. The monoisotopic (exact) mass is 315 g/mol. The van der Waals surface area contributed by atoms with Crippen molar-refractivity contribution in [2.45, 2.75) is 5.41 Å². The van der Waals surface area contributed by atoms with Crippen LogP contribution >= 0.6 is 0 Å². The van der Waals surface area contributed by atoms with E-state index in [0.717, 1.165) is 22.4 Å². The smallest absolute Gasteiger partial charge is 0.319 e.